The molecule has 1 aliphatic rings. The highest BCUT2D eigenvalue weighted by Gasteiger charge is 2.23. The second kappa shape index (κ2) is 9.41. The average molecular weight is 400 g/mol. The summed E-state index contributed by atoms with van der Waals surface area (Å²) in [4.78, 5) is 14.7. The highest BCUT2D eigenvalue weighted by atomic mass is 32.1. The molecule has 0 spiro atoms. The van der Waals surface area contributed by atoms with Crippen molar-refractivity contribution in [2.24, 2.45) is 0 Å². The third-order valence-corrected chi connectivity index (χ3v) is 5.15. The standard InChI is InChI=1S/C21H25N3O3S/c1-26-17-7-5-6-16(14-17)23-21(28)24-12-10-15(11-13-24)22-20(25)18-8-3-4-9-19(18)27-2/h3-9,14-15H,10-13H2,1-2H3,(H,22,25)(H,23,28). The van der Waals surface area contributed by atoms with Crippen LogP contribution < -0.4 is 20.1 Å². The van der Waals surface area contributed by atoms with Crippen molar-refractivity contribution < 1.29 is 14.3 Å². The third kappa shape index (κ3) is 4.92. The molecule has 1 fully saturated rings. The first-order chi connectivity index (χ1) is 13.6. The van der Waals surface area contributed by atoms with Crippen LogP contribution in [-0.2, 0) is 0 Å². The quantitative estimate of drug-likeness (QED) is 0.753. The number of thiocarbonyl (C=S) groups is 1. The van der Waals surface area contributed by atoms with E-state index in [0.29, 0.717) is 16.4 Å². The zero-order valence-corrected chi connectivity index (χ0v) is 16.9. The monoisotopic (exact) mass is 399 g/mol. The summed E-state index contributed by atoms with van der Waals surface area (Å²) < 4.78 is 10.5. The number of amides is 1. The molecule has 2 N–H and O–H groups in total. The number of nitrogens with one attached hydrogen (secondary N) is 2. The van der Waals surface area contributed by atoms with Crippen LogP contribution >= 0.6 is 12.2 Å². The maximum Gasteiger partial charge on any atom is 0.255 e. The maximum absolute atomic E-state index is 12.6. The number of piperidine rings is 1. The number of hydrogen-bond acceptors (Lipinski definition) is 4. The van der Waals surface area contributed by atoms with Crippen molar-refractivity contribution in [3.8, 4) is 11.5 Å². The molecule has 0 bridgehead atoms. The van der Waals surface area contributed by atoms with Crippen LogP contribution in [0, 0.1) is 0 Å². The van der Waals surface area contributed by atoms with E-state index in [4.69, 9.17) is 21.7 Å². The van der Waals surface area contributed by atoms with Gasteiger partial charge in [-0.3, -0.25) is 4.79 Å². The minimum atomic E-state index is -0.104. The van der Waals surface area contributed by atoms with Gasteiger partial charge in [0.25, 0.3) is 5.91 Å². The summed E-state index contributed by atoms with van der Waals surface area (Å²) in [5, 5.41) is 7.05. The van der Waals surface area contributed by atoms with Gasteiger partial charge in [-0.05, 0) is 49.3 Å². The Morgan fingerprint density at radius 1 is 1.07 bits per heavy atom. The molecule has 0 unspecified atom stereocenters. The zero-order chi connectivity index (χ0) is 19.9. The summed E-state index contributed by atoms with van der Waals surface area (Å²) in [6.45, 7) is 1.57. The number of rotatable bonds is 5. The van der Waals surface area contributed by atoms with Crippen molar-refractivity contribution in [1.29, 1.82) is 0 Å². The Morgan fingerprint density at radius 3 is 2.54 bits per heavy atom. The van der Waals surface area contributed by atoms with E-state index in [9.17, 15) is 4.79 Å². The van der Waals surface area contributed by atoms with Gasteiger partial charge in [0.05, 0.1) is 19.8 Å². The van der Waals surface area contributed by atoms with E-state index >= 15 is 0 Å². The van der Waals surface area contributed by atoms with Crippen molar-refractivity contribution >= 4 is 28.9 Å². The lowest BCUT2D eigenvalue weighted by molar-refractivity contribution is 0.0919. The van der Waals surface area contributed by atoms with E-state index in [-0.39, 0.29) is 11.9 Å². The molecule has 0 radical (unpaired) electrons. The first kappa shape index (κ1) is 19.9. The number of carbonyl (C=O) groups excluding carboxylic acids is 1. The van der Waals surface area contributed by atoms with E-state index in [1.54, 1.807) is 26.4 Å². The Labute approximate surface area is 170 Å². The van der Waals surface area contributed by atoms with Gasteiger partial charge in [-0.15, -0.1) is 0 Å². The first-order valence-corrected chi connectivity index (χ1v) is 9.65. The van der Waals surface area contributed by atoms with Crippen LogP contribution in [0.4, 0.5) is 5.69 Å². The Morgan fingerprint density at radius 2 is 1.82 bits per heavy atom. The summed E-state index contributed by atoms with van der Waals surface area (Å²) >= 11 is 5.54. The SMILES string of the molecule is COc1cccc(NC(=S)N2CCC(NC(=O)c3ccccc3OC)CC2)c1. The second-order valence-electron chi connectivity index (χ2n) is 6.60. The highest BCUT2D eigenvalue weighted by Crippen LogP contribution is 2.20. The summed E-state index contributed by atoms with van der Waals surface area (Å²) in [6, 6.07) is 15.0. The Bertz CT molecular complexity index is 835. The molecule has 28 heavy (non-hydrogen) atoms. The van der Waals surface area contributed by atoms with Crippen LogP contribution in [0.1, 0.15) is 23.2 Å². The predicted molar refractivity (Wildman–Crippen MR) is 114 cm³/mol. The predicted octanol–water partition coefficient (Wildman–Crippen LogP) is 3.30. The molecule has 1 amide bonds. The lowest BCUT2D eigenvalue weighted by atomic mass is 10.0. The molecule has 0 aliphatic carbocycles. The van der Waals surface area contributed by atoms with Crippen LogP contribution in [0.5, 0.6) is 11.5 Å². The van der Waals surface area contributed by atoms with E-state index in [2.05, 4.69) is 15.5 Å². The largest absolute Gasteiger partial charge is 0.497 e. The molecule has 6 nitrogen and oxygen atoms in total. The zero-order valence-electron chi connectivity index (χ0n) is 16.1. The fourth-order valence-electron chi connectivity index (χ4n) is 3.23. The first-order valence-electron chi connectivity index (χ1n) is 9.24. The molecule has 148 valence electrons. The fourth-order valence-corrected chi connectivity index (χ4v) is 3.53. The van der Waals surface area contributed by atoms with Gasteiger partial charge < -0.3 is 25.0 Å². The van der Waals surface area contributed by atoms with Crippen molar-refractivity contribution in [2.75, 3.05) is 32.6 Å². The lowest BCUT2D eigenvalue weighted by Crippen LogP contribution is -2.47. The number of para-hydroxylation sites is 1. The number of benzene rings is 2. The van der Waals surface area contributed by atoms with Gasteiger partial charge in [0, 0.05) is 30.9 Å². The van der Waals surface area contributed by atoms with Gasteiger partial charge in [0.15, 0.2) is 5.11 Å². The normalized spacial score (nSPS) is 14.3. The van der Waals surface area contributed by atoms with Crippen LogP contribution in [0.25, 0.3) is 0 Å². The van der Waals surface area contributed by atoms with Crippen molar-refractivity contribution in [2.45, 2.75) is 18.9 Å². The molecule has 1 heterocycles. The van der Waals surface area contributed by atoms with Gasteiger partial charge in [-0.1, -0.05) is 18.2 Å². The van der Waals surface area contributed by atoms with Crippen LogP contribution in [0.3, 0.4) is 0 Å². The average Bonchev–Trinajstić information content (AvgIpc) is 2.74. The Balaban J connectivity index is 1.51. The Hall–Kier alpha value is -2.80. The van der Waals surface area contributed by atoms with Gasteiger partial charge in [-0.2, -0.15) is 0 Å². The molecular weight excluding hydrogens is 374 g/mol. The number of hydrogen-bond donors (Lipinski definition) is 2. The minimum Gasteiger partial charge on any atom is -0.497 e. The second-order valence-corrected chi connectivity index (χ2v) is 6.98. The number of ether oxygens (including phenoxy) is 2. The van der Waals surface area contributed by atoms with Crippen LogP contribution in [0.2, 0.25) is 0 Å². The van der Waals surface area contributed by atoms with Crippen LogP contribution in [-0.4, -0.2) is 49.3 Å². The number of methoxy groups -OCH3 is 2. The molecule has 0 aromatic heterocycles. The molecule has 2 aromatic carbocycles. The third-order valence-electron chi connectivity index (χ3n) is 4.79. The van der Waals surface area contributed by atoms with Gasteiger partial charge in [-0.25, -0.2) is 0 Å². The molecule has 1 saturated heterocycles. The molecule has 0 atom stereocenters. The highest BCUT2D eigenvalue weighted by molar-refractivity contribution is 7.80. The maximum atomic E-state index is 12.6. The van der Waals surface area contributed by atoms with Crippen LogP contribution in [0.15, 0.2) is 48.5 Å². The smallest absolute Gasteiger partial charge is 0.255 e. The number of carbonyl (C=O) groups is 1. The number of likely N-dealkylation sites (tertiary alicyclic amines) is 1. The van der Waals surface area contributed by atoms with Crippen molar-refractivity contribution in [3.63, 3.8) is 0 Å². The molecule has 7 heteroatoms. The van der Waals surface area contributed by atoms with E-state index in [1.165, 1.54) is 0 Å². The fraction of sp³-hybridized carbons (Fsp3) is 0.333. The lowest BCUT2D eigenvalue weighted by Gasteiger charge is -2.34. The van der Waals surface area contributed by atoms with Crippen molar-refractivity contribution in [1.82, 2.24) is 10.2 Å². The number of nitrogens with zero attached hydrogens (tertiary/aromatic N) is 1. The van der Waals surface area contributed by atoms with E-state index in [1.807, 2.05) is 36.4 Å². The minimum absolute atomic E-state index is 0.104. The van der Waals surface area contributed by atoms with Gasteiger partial charge >= 0.3 is 0 Å². The van der Waals surface area contributed by atoms with Crippen molar-refractivity contribution in [3.05, 3.63) is 54.1 Å². The number of anilines is 1. The topological polar surface area (TPSA) is 62.8 Å². The summed E-state index contributed by atoms with van der Waals surface area (Å²) in [7, 11) is 3.21. The Kier molecular flexibility index (Phi) is 6.71. The van der Waals surface area contributed by atoms with Gasteiger partial charge in [0.2, 0.25) is 0 Å². The summed E-state index contributed by atoms with van der Waals surface area (Å²) in [5.74, 6) is 1.26. The summed E-state index contributed by atoms with van der Waals surface area (Å²) in [5.41, 5.74) is 1.46. The molecule has 2 aromatic rings. The van der Waals surface area contributed by atoms with Gasteiger partial charge in [0.1, 0.15) is 11.5 Å². The molecule has 1 aliphatic heterocycles. The summed E-state index contributed by atoms with van der Waals surface area (Å²) in [6.07, 6.45) is 1.67. The molecule has 0 saturated carbocycles. The molecule has 3 rings (SSSR count). The van der Waals surface area contributed by atoms with E-state index < -0.39 is 0 Å². The van der Waals surface area contributed by atoms with E-state index in [0.717, 1.165) is 37.4 Å². The molecular formula is C21H25N3O3S.